The number of rotatable bonds is 2. The van der Waals surface area contributed by atoms with Crippen molar-refractivity contribution in [1.29, 1.82) is 0 Å². The molecule has 0 fully saturated rings. The van der Waals surface area contributed by atoms with Gasteiger partial charge in [-0.1, -0.05) is 0 Å². The molecule has 0 spiro atoms. The van der Waals surface area contributed by atoms with Gasteiger partial charge in [0.15, 0.2) is 0 Å². The van der Waals surface area contributed by atoms with Crippen molar-refractivity contribution in [2.24, 2.45) is 5.73 Å². The van der Waals surface area contributed by atoms with Gasteiger partial charge in [0, 0.05) is 22.4 Å². The molecule has 0 saturated heterocycles. The second kappa shape index (κ2) is 3.39. The van der Waals surface area contributed by atoms with Crippen molar-refractivity contribution in [3.05, 3.63) is 36.3 Å². The third kappa shape index (κ3) is 1.32. The number of furan rings is 2. The van der Waals surface area contributed by atoms with E-state index < -0.39 is 0 Å². The van der Waals surface area contributed by atoms with Crippen LogP contribution < -0.4 is 5.73 Å². The zero-order valence-electron chi connectivity index (χ0n) is 9.07. The molecule has 2 N–H and O–H groups in total. The lowest BCUT2D eigenvalue weighted by Crippen LogP contribution is -2.17. The number of nitrogens with two attached hydrogens (primary N) is 1. The highest BCUT2D eigenvalue weighted by atomic mass is 16.3. The summed E-state index contributed by atoms with van der Waals surface area (Å²) in [5.41, 5.74) is 8.83. The maximum atomic E-state index is 5.87. The normalized spacial score (nSPS) is 13.6. The molecule has 16 heavy (non-hydrogen) atoms. The van der Waals surface area contributed by atoms with Crippen LogP contribution in [0.15, 0.2) is 39.6 Å². The van der Waals surface area contributed by atoms with E-state index in [9.17, 15) is 0 Å². The summed E-state index contributed by atoms with van der Waals surface area (Å²) in [7, 11) is 0. The molecule has 3 rings (SSSR count). The zero-order valence-corrected chi connectivity index (χ0v) is 9.07. The molecule has 3 nitrogen and oxygen atoms in total. The lowest BCUT2D eigenvalue weighted by atomic mass is 10.0. The standard InChI is InChI=1S/C13H13NO2/c1-8(14)6-11-10-3-5-15-12(10)7-9-2-4-16-13(9)11/h2-5,7-8H,6,14H2,1H3/t8-/m1/s1. The Labute approximate surface area is 92.8 Å². The molecule has 3 heteroatoms. The van der Waals surface area contributed by atoms with E-state index in [-0.39, 0.29) is 6.04 Å². The van der Waals surface area contributed by atoms with Crippen molar-refractivity contribution in [3.8, 4) is 0 Å². The summed E-state index contributed by atoms with van der Waals surface area (Å²) in [4.78, 5) is 0. The molecule has 1 atom stereocenters. The lowest BCUT2D eigenvalue weighted by Gasteiger charge is -2.07. The molecule has 0 aliphatic rings. The van der Waals surface area contributed by atoms with Crippen LogP contribution in [0.4, 0.5) is 0 Å². The Bertz CT molecular complexity index is 585. The number of fused-ring (bicyclic) bond motifs is 2. The molecule has 0 amide bonds. The maximum Gasteiger partial charge on any atom is 0.137 e. The van der Waals surface area contributed by atoms with Gasteiger partial charge in [-0.25, -0.2) is 0 Å². The lowest BCUT2D eigenvalue weighted by molar-refractivity contribution is 0.605. The topological polar surface area (TPSA) is 52.3 Å². The number of hydrogen-bond acceptors (Lipinski definition) is 3. The summed E-state index contributed by atoms with van der Waals surface area (Å²) < 4.78 is 11.0. The Morgan fingerprint density at radius 1 is 1.25 bits per heavy atom. The maximum absolute atomic E-state index is 5.87. The predicted octanol–water partition coefficient (Wildman–Crippen LogP) is 3.07. The van der Waals surface area contributed by atoms with Crippen LogP contribution in [0.5, 0.6) is 0 Å². The Hall–Kier alpha value is -1.74. The van der Waals surface area contributed by atoms with Crippen LogP contribution in [0.3, 0.4) is 0 Å². The minimum Gasteiger partial charge on any atom is -0.464 e. The Balaban J connectivity index is 2.37. The Morgan fingerprint density at radius 3 is 2.88 bits per heavy atom. The van der Waals surface area contributed by atoms with Crippen molar-refractivity contribution in [3.63, 3.8) is 0 Å². The summed E-state index contributed by atoms with van der Waals surface area (Å²) >= 11 is 0. The number of hydrogen-bond donors (Lipinski definition) is 1. The highest BCUT2D eigenvalue weighted by Gasteiger charge is 2.13. The fourth-order valence-corrected chi connectivity index (χ4v) is 2.15. The molecule has 82 valence electrons. The van der Waals surface area contributed by atoms with Gasteiger partial charge >= 0.3 is 0 Å². The molecule has 1 aromatic carbocycles. The van der Waals surface area contributed by atoms with E-state index in [1.807, 2.05) is 25.1 Å². The molecule has 3 aromatic rings. The third-order valence-corrected chi connectivity index (χ3v) is 2.80. The van der Waals surface area contributed by atoms with Gasteiger partial charge in [-0.3, -0.25) is 0 Å². The molecule has 0 radical (unpaired) electrons. The first kappa shape index (κ1) is 9.48. The van der Waals surface area contributed by atoms with Gasteiger partial charge in [0.2, 0.25) is 0 Å². The summed E-state index contributed by atoms with van der Waals surface area (Å²) in [6.07, 6.45) is 4.20. The molecule has 0 saturated carbocycles. The first-order valence-corrected chi connectivity index (χ1v) is 5.37. The second-order valence-electron chi connectivity index (χ2n) is 4.21. The van der Waals surface area contributed by atoms with Crippen molar-refractivity contribution in [2.75, 3.05) is 0 Å². The number of benzene rings is 1. The molecule has 0 bridgehead atoms. The first-order valence-electron chi connectivity index (χ1n) is 5.37. The summed E-state index contributed by atoms with van der Waals surface area (Å²) in [5.74, 6) is 0. The van der Waals surface area contributed by atoms with Gasteiger partial charge in [0.1, 0.15) is 11.2 Å². The van der Waals surface area contributed by atoms with E-state index in [0.29, 0.717) is 0 Å². The highest BCUT2D eigenvalue weighted by molar-refractivity contribution is 5.97. The Morgan fingerprint density at radius 2 is 2.06 bits per heavy atom. The van der Waals surface area contributed by atoms with E-state index in [0.717, 1.165) is 33.9 Å². The van der Waals surface area contributed by atoms with Crippen LogP contribution in [-0.4, -0.2) is 6.04 Å². The molecule has 0 aliphatic heterocycles. The van der Waals surface area contributed by atoms with E-state index >= 15 is 0 Å². The van der Waals surface area contributed by atoms with Crippen LogP contribution in [0.25, 0.3) is 21.9 Å². The molecule has 0 aliphatic carbocycles. The average molecular weight is 215 g/mol. The fraction of sp³-hybridized carbons (Fsp3) is 0.231. The van der Waals surface area contributed by atoms with Gasteiger partial charge in [0.05, 0.1) is 12.5 Å². The van der Waals surface area contributed by atoms with Crippen molar-refractivity contribution < 1.29 is 8.83 Å². The quantitative estimate of drug-likeness (QED) is 0.714. The zero-order chi connectivity index (χ0) is 11.1. The van der Waals surface area contributed by atoms with Crippen LogP contribution in [0, 0.1) is 0 Å². The molecule has 2 aromatic heterocycles. The second-order valence-corrected chi connectivity index (χ2v) is 4.21. The predicted molar refractivity (Wildman–Crippen MR) is 63.3 cm³/mol. The summed E-state index contributed by atoms with van der Waals surface area (Å²) in [5, 5.41) is 2.16. The van der Waals surface area contributed by atoms with Crippen molar-refractivity contribution in [2.45, 2.75) is 19.4 Å². The monoisotopic (exact) mass is 215 g/mol. The Kier molecular flexibility index (Phi) is 2.01. The van der Waals surface area contributed by atoms with Crippen LogP contribution >= 0.6 is 0 Å². The van der Waals surface area contributed by atoms with Gasteiger partial charge in [-0.2, -0.15) is 0 Å². The molecule has 0 unspecified atom stereocenters. The largest absolute Gasteiger partial charge is 0.464 e. The average Bonchev–Trinajstić information content (AvgIpc) is 2.83. The smallest absolute Gasteiger partial charge is 0.137 e. The molecular weight excluding hydrogens is 202 g/mol. The van der Waals surface area contributed by atoms with E-state index in [1.165, 1.54) is 0 Å². The van der Waals surface area contributed by atoms with Crippen molar-refractivity contribution >= 4 is 21.9 Å². The minimum atomic E-state index is 0.105. The van der Waals surface area contributed by atoms with E-state index in [4.69, 9.17) is 14.6 Å². The first-order chi connectivity index (χ1) is 7.75. The third-order valence-electron chi connectivity index (χ3n) is 2.80. The minimum absolute atomic E-state index is 0.105. The van der Waals surface area contributed by atoms with Gasteiger partial charge in [-0.05, 0) is 31.5 Å². The van der Waals surface area contributed by atoms with Crippen LogP contribution in [0.2, 0.25) is 0 Å². The highest BCUT2D eigenvalue weighted by Crippen LogP contribution is 2.30. The van der Waals surface area contributed by atoms with Crippen molar-refractivity contribution in [1.82, 2.24) is 0 Å². The van der Waals surface area contributed by atoms with Crippen LogP contribution in [0.1, 0.15) is 12.5 Å². The van der Waals surface area contributed by atoms with Crippen LogP contribution in [-0.2, 0) is 6.42 Å². The molecular formula is C13H13NO2. The summed E-state index contributed by atoms with van der Waals surface area (Å²) in [6, 6.07) is 6.02. The summed E-state index contributed by atoms with van der Waals surface area (Å²) in [6.45, 7) is 1.99. The SMILES string of the molecule is C[C@@H](N)Cc1c2ccoc2cc2ccoc12. The van der Waals surface area contributed by atoms with Gasteiger partial charge in [0.25, 0.3) is 0 Å². The van der Waals surface area contributed by atoms with E-state index in [1.54, 1.807) is 12.5 Å². The van der Waals surface area contributed by atoms with Gasteiger partial charge in [-0.15, -0.1) is 0 Å². The van der Waals surface area contributed by atoms with Gasteiger partial charge < -0.3 is 14.6 Å². The fourth-order valence-electron chi connectivity index (χ4n) is 2.15. The molecule has 2 heterocycles. The van der Waals surface area contributed by atoms with E-state index in [2.05, 4.69) is 0 Å².